The van der Waals surface area contributed by atoms with Crippen LogP contribution in [-0.4, -0.2) is 32.7 Å². The van der Waals surface area contributed by atoms with E-state index < -0.39 is 0 Å². The third-order valence-corrected chi connectivity index (χ3v) is 8.45. The maximum Gasteiger partial charge on any atom is 0.266 e. The number of nitrogens with zero attached hydrogens (tertiary/aromatic N) is 1. The van der Waals surface area contributed by atoms with Crippen LogP contribution >= 0.6 is 48.0 Å². The molecule has 1 saturated heterocycles. The van der Waals surface area contributed by atoms with Gasteiger partial charge in [-0.2, -0.15) is 0 Å². The van der Waals surface area contributed by atoms with E-state index in [4.69, 9.17) is 29.6 Å². The number of halogens is 2. The predicted molar refractivity (Wildman–Crippen MR) is 140 cm³/mol. The smallest absolute Gasteiger partial charge is 0.266 e. The van der Waals surface area contributed by atoms with Crippen LogP contribution in [0.1, 0.15) is 43.4 Å². The molecule has 3 aliphatic rings. The normalized spacial score (nSPS) is 25.8. The fourth-order valence-corrected chi connectivity index (χ4v) is 6.83. The SMILES string of the molecule is Cl.NCCCc1cc(-c2ccc(Cl)cc2)[nH]c1/C=C1\SC(=S)N(C2CC3CCC2C3)C1=O. The van der Waals surface area contributed by atoms with Gasteiger partial charge in [0, 0.05) is 22.5 Å². The quantitative estimate of drug-likeness (QED) is 0.369. The molecule has 0 radical (unpaired) electrons. The fraction of sp³-hybridized carbons (Fsp3) is 0.417. The van der Waals surface area contributed by atoms with Gasteiger partial charge in [0.2, 0.25) is 0 Å². The van der Waals surface area contributed by atoms with Crippen molar-refractivity contribution in [2.24, 2.45) is 17.6 Å². The zero-order valence-electron chi connectivity index (χ0n) is 17.7. The van der Waals surface area contributed by atoms with Gasteiger partial charge in [-0.15, -0.1) is 12.4 Å². The highest BCUT2D eigenvalue weighted by molar-refractivity contribution is 8.26. The summed E-state index contributed by atoms with van der Waals surface area (Å²) >= 11 is 13.1. The van der Waals surface area contributed by atoms with Crippen LogP contribution in [0.5, 0.6) is 0 Å². The molecule has 3 unspecified atom stereocenters. The van der Waals surface area contributed by atoms with Crippen LogP contribution in [0.25, 0.3) is 17.3 Å². The summed E-state index contributed by atoms with van der Waals surface area (Å²) in [6.45, 7) is 0.632. The molecule has 4 nitrogen and oxygen atoms in total. The Balaban J connectivity index is 0.00000245. The summed E-state index contributed by atoms with van der Waals surface area (Å²) in [5, 5.41) is 0.711. The first kappa shape index (κ1) is 23.8. The van der Waals surface area contributed by atoms with E-state index in [2.05, 4.69) is 11.1 Å². The molecule has 3 fully saturated rings. The molecule has 32 heavy (non-hydrogen) atoms. The average Bonchev–Trinajstić information content (AvgIpc) is 3.52. The fourth-order valence-electron chi connectivity index (χ4n) is 5.35. The Kier molecular flexibility index (Phi) is 7.37. The van der Waals surface area contributed by atoms with Gasteiger partial charge in [-0.3, -0.25) is 9.69 Å². The molecule has 170 valence electrons. The van der Waals surface area contributed by atoms with E-state index in [0.717, 1.165) is 42.1 Å². The molecule has 8 heteroatoms. The number of thiocarbonyl (C=S) groups is 1. The number of rotatable bonds is 6. The monoisotopic (exact) mass is 507 g/mol. The lowest BCUT2D eigenvalue weighted by Gasteiger charge is -2.30. The molecule has 1 aromatic heterocycles. The number of benzene rings is 1. The number of carbonyl (C=O) groups excluding carboxylic acids is 1. The van der Waals surface area contributed by atoms with Gasteiger partial charge in [-0.1, -0.05) is 54.1 Å². The van der Waals surface area contributed by atoms with Crippen molar-refractivity contribution in [1.82, 2.24) is 9.88 Å². The van der Waals surface area contributed by atoms with Crippen molar-refractivity contribution in [3.05, 3.63) is 51.5 Å². The van der Waals surface area contributed by atoms with Crippen LogP contribution in [0.15, 0.2) is 35.2 Å². The second-order valence-electron chi connectivity index (χ2n) is 8.81. The molecular formula is C24H27Cl2N3OS2. The summed E-state index contributed by atoms with van der Waals surface area (Å²) in [5.74, 6) is 1.46. The molecule has 3 N–H and O–H groups in total. The number of hydrogen-bond acceptors (Lipinski definition) is 4. The van der Waals surface area contributed by atoms with E-state index in [9.17, 15) is 4.79 Å². The van der Waals surface area contributed by atoms with E-state index in [1.165, 1.54) is 36.6 Å². The number of aromatic nitrogens is 1. The number of aryl methyl sites for hydroxylation is 1. The van der Waals surface area contributed by atoms with E-state index in [1.807, 2.05) is 35.2 Å². The maximum atomic E-state index is 13.3. The first-order valence-corrected chi connectivity index (χ1v) is 12.6. The third kappa shape index (κ3) is 4.53. The number of nitrogens with two attached hydrogens (primary N) is 1. The summed E-state index contributed by atoms with van der Waals surface area (Å²) in [6, 6.07) is 10.2. The largest absolute Gasteiger partial charge is 0.355 e. The third-order valence-electron chi connectivity index (χ3n) is 6.87. The lowest BCUT2D eigenvalue weighted by molar-refractivity contribution is -0.124. The second kappa shape index (κ2) is 9.90. The molecule has 2 bridgehead atoms. The van der Waals surface area contributed by atoms with Crippen LogP contribution in [0.4, 0.5) is 0 Å². The Morgan fingerprint density at radius 3 is 2.69 bits per heavy atom. The van der Waals surface area contributed by atoms with E-state index in [-0.39, 0.29) is 18.3 Å². The first-order valence-electron chi connectivity index (χ1n) is 11.0. The summed E-state index contributed by atoms with van der Waals surface area (Å²) in [7, 11) is 0. The number of hydrogen-bond donors (Lipinski definition) is 2. The molecule has 0 spiro atoms. The van der Waals surface area contributed by atoms with Gasteiger partial charge in [-0.05, 0) is 85.9 Å². The Morgan fingerprint density at radius 2 is 2.03 bits per heavy atom. The van der Waals surface area contributed by atoms with Gasteiger partial charge < -0.3 is 10.7 Å². The first-order chi connectivity index (χ1) is 15.0. The summed E-state index contributed by atoms with van der Waals surface area (Å²) in [4.78, 5) is 19.5. The summed E-state index contributed by atoms with van der Waals surface area (Å²) < 4.78 is 0.710. The van der Waals surface area contributed by atoms with Crippen molar-refractivity contribution in [3.63, 3.8) is 0 Å². The summed E-state index contributed by atoms with van der Waals surface area (Å²) in [5.41, 5.74) is 9.97. The topological polar surface area (TPSA) is 62.1 Å². The van der Waals surface area contributed by atoms with Crippen molar-refractivity contribution >= 4 is 64.3 Å². The number of amides is 1. The van der Waals surface area contributed by atoms with Crippen molar-refractivity contribution in [3.8, 4) is 11.3 Å². The minimum absolute atomic E-state index is 0. The van der Waals surface area contributed by atoms with Gasteiger partial charge in [0.25, 0.3) is 5.91 Å². The van der Waals surface area contributed by atoms with E-state index in [0.29, 0.717) is 32.8 Å². The molecule has 5 rings (SSSR count). The lowest BCUT2D eigenvalue weighted by atomic mass is 9.94. The number of carbonyl (C=O) groups is 1. The van der Waals surface area contributed by atoms with Crippen molar-refractivity contribution < 1.29 is 4.79 Å². The van der Waals surface area contributed by atoms with E-state index >= 15 is 0 Å². The molecule has 3 atom stereocenters. The minimum Gasteiger partial charge on any atom is -0.355 e. The van der Waals surface area contributed by atoms with Gasteiger partial charge in [-0.25, -0.2) is 0 Å². The van der Waals surface area contributed by atoms with Crippen molar-refractivity contribution in [2.75, 3.05) is 6.54 Å². The van der Waals surface area contributed by atoms with Crippen LogP contribution in [0.2, 0.25) is 5.02 Å². The van der Waals surface area contributed by atoms with Crippen LogP contribution < -0.4 is 5.73 Å². The summed E-state index contributed by atoms with van der Waals surface area (Å²) in [6.07, 6.45) is 8.64. The van der Waals surface area contributed by atoms with Crippen molar-refractivity contribution in [1.29, 1.82) is 0 Å². The zero-order valence-corrected chi connectivity index (χ0v) is 20.9. The molecule has 2 aliphatic carbocycles. The zero-order chi connectivity index (χ0) is 21.5. The molecule has 1 aromatic carbocycles. The Bertz CT molecular complexity index is 1050. The average molecular weight is 509 g/mol. The highest BCUT2D eigenvalue weighted by Gasteiger charge is 2.47. The Morgan fingerprint density at radius 1 is 1.25 bits per heavy atom. The number of H-pyrrole nitrogens is 1. The number of nitrogens with one attached hydrogen (secondary N) is 1. The number of fused-ring (bicyclic) bond motifs is 2. The molecule has 1 aliphatic heterocycles. The molecule has 2 aromatic rings. The van der Waals surface area contributed by atoms with Crippen LogP contribution in [-0.2, 0) is 11.2 Å². The molecule has 2 saturated carbocycles. The highest BCUT2D eigenvalue weighted by atomic mass is 35.5. The van der Waals surface area contributed by atoms with Gasteiger partial charge in [0.05, 0.1) is 4.91 Å². The number of aromatic amines is 1. The van der Waals surface area contributed by atoms with Gasteiger partial charge in [0.15, 0.2) is 0 Å². The lowest BCUT2D eigenvalue weighted by Crippen LogP contribution is -2.41. The van der Waals surface area contributed by atoms with E-state index in [1.54, 1.807) is 0 Å². The molecule has 1 amide bonds. The number of thioether (sulfide) groups is 1. The highest BCUT2D eigenvalue weighted by Crippen LogP contribution is 2.49. The molecule has 2 heterocycles. The van der Waals surface area contributed by atoms with Crippen molar-refractivity contribution in [2.45, 2.75) is 44.6 Å². The predicted octanol–water partition coefficient (Wildman–Crippen LogP) is 6.04. The molecular weight excluding hydrogens is 481 g/mol. The second-order valence-corrected chi connectivity index (χ2v) is 10.9. The standard InChI is InChI=1S/C24H26ClN3OS2.ClH/c25-18-7-5-15(6-8-18)19-12-16(2-1-9-26)20(27-19)13-22-23(29)28(24(30)31-22)21-11-14-3-4-17(21)10-14;/h5-8,12-14,17,21,27H,1-4,9-11,26H2;1H/b22-13-;. The Hall–Kier alpha value is -1.31. The minimum atomic E-state index is 0. The van der Waals surface area contributed by atoms with Crippen LogP contribution in [0, 0.1) is 11.8 Å². The Labute approximate surface area is 209 Å². The van der Waals surface area contributed by atoms with Gasteiger partial charge >= 0.3 is 0 Å². The van der Waals surface area contributed by atoms with Crippen LogP contribution in [0.3, 0.4) is 0 Å². The maximum absolute atomic E-state index is 13.3. The van der Waals surface area contributed by atoms with Gasteiger partial charge in [0.1, 0.15) is 4.32 Å².